The van der Waals surface area contributed by atoms with E-state index in [-0.39, 0.29) is 24.5 Å². The summed E-state index contributed by atoms with van der Waals surface area (Å²) in [5.74, 6) is 0.993. The summed E-state index contributed by atoms with van der Waals surface area (Å²) >= 11 is 3.47. The Morgan fingerprint density at radius 3 is 2.41 bits per heavy atom. The molecule has 0 saturated heterocycles. The van der Waals surface area contributed by atoms with E-state index in [9.17, 15) is 9.59 Å². The highest BCUT2D eigenvalue weighted by Crippen LogP contribution is 2.22. The number of carbonyl (C=O) groups is 2. The molecule has 0 radical (unpaired) electrons. The van der Waals surface area contributed by atoms with Crippen LogP contribution in [0.3, 0.4) is 0 Å². The van der Waals surface area contributed by atoms with E-state index in [1.165, 1.54) is 0 Å². The molecule has 6 nitrogen and oxygen atoms in total. The average Bonchev–Trinajstić information content (AvgIpc) is 3.31. The second-order valence-electron chi connectivity index (χ2n) is 8.24. The van der Waals surface area contributed by atoms with Crippen molar-refractivity contribution in [2.24, 2.45) is 0 Å². The van der Waals surface area contributed by atoms with Gasteiger partial charge in [0, 0.05) is 17.1 Å². The van der Waals surface area contributed by atoms with Crippen LogP contribution in [-0.4, -0.2) is 42.5 Å². The van der Waals surface area contributed by atoms with Gasteiger partial charge in [0.2, 0.25) is 5.91 Å². The number of aryl methyl sites for hydroxylation is 1. The lowest BCUT2D eigenvalue weighted by atomic mass is 10.1. The molecule has 0 heterocycles. The summed E-state index contributed by atoms with van der Waals surface area (Å²) in [7, 11) is 1.61. The van der Waals surface area contributed by atoms with E-state index in [2.05, 4.69) is 21.2 Å². The molecule has 7 heteroatoms. The minimum Gasteiger partial charge on any atom is -0.497 e. The Balaban J connectivity index is 1.71. The van der Waals surface area contributed by atoms with Crippen molar-refractivity contribution < 1.29 is 19.1 Å². The number of methoxy groups -OCH3 is 1. The molecule has 1 aliphatic carbocycles. The van der Waals surface area contributed by atoms with Gasteiger partial charge in [-0.2, -0.15) is 0 Å². The van der Waals surface area contributed by atoms with E-state index in [0.29, 0.717) is 12.3 Å². The maximum absolute atomic E-state index is 13.2. The molecule has 2 aromatic carbocycles. The van der Waals surface area contributed by atoms with Crippen molar-refractivity contribution in [1.29, 1.82) is 0 Å². The summed E-state index contributed by atoms with van der Waals surface area (Å²) < 4.78 is 12.0. The van der Waals surface area contributed by atoms with E-state index in [4.69, 9.17) is 9.47 Å². The molecule has 1 aliphatic rings. The number of ether oxygens (including phenoxy) is 2. The first-order valence-corrected chi connectivity index (χ1v) is 11.8. The Bertz CT molecular complexity index is 926. The highest BCUT2D eigenvalue weighted by atomic mass is 79.9. The predicted molar refractivity (Wildman–Crippen MR) is 128 cm³/mol. The topological polar surface area (TPSA) is 67.9 Å². The van der Waals surface area contributed by atoms with Gasteiger partial charge in [-0.15, -0.1) is 0 Å². The number of amides is 2. The number of halogens is 1. The van der Waals surface area contributed by atoms with E-state index in [0.717, 1.165) is 47.0 Å². The van der Waals surface area contributed by atoms with Crippen molar-refractivity contribution in [3.05, 3.63) is 58.1 Å². The minimum atomic E-state index is -0.611. The average molecular weight is 503 g/mol. The lowest BCUT2D eigenvalue weighted by Gasteiger charge is -2.29. The van der Waals surface area contributed by atoms with E-state index >= 15 is 0 Å². The molecule has 2 aromatic rings. The third kappa shape index (κ3) is 6.48. The van der Waals surface area contributed by atoms with Crippen LogP contribution in [0.25, 0.3) is 0 Å². The van der Waals surface area contributed by atoms with Crippen LogP contribution in [0.4, 0.5) is 0 Å². The van der Waals surface area contributed by atoms with Crippen molar-refractivity contribution in [1.82, 2.24) is 10.2 Å². The molecule has 1 N–H and O–H groups in total. The van der Waals surface area contributed by atoms with E-state index in [1.54, 1.807) is 18.9 Å². The summed E-state index contributed by atoms with van der Waals surface area (Å²) in [6, 6.07) is 12.7. The molecule has 32 heavy (non-hydrogen) atoms. The molecule has 0 spiro atoms. The van der Waals surface area contributed by atoms with Crippen LogP contribution >= 0.6 is 15.9 Å². The van der Waals surface area contributed by atoms with Gasteiger partial charge in [-0.25, -0.2) is 0 Å². The Hall–Kier alpha value is -2.54. The number of nitrogens with one attached hydrogen (secondary N) is 1. The molecule has 0 aliphatic heterocycles. The zero-order valence-corrected chi connectivity index (χ0v) is 20.5. The molecule has 1 saturated carbocycles. The van der Waals surface area contributed by atoms with Crippen LogP contribution in [0.15, 0.2) is 46.9 Å². The van der Waals surface area contributed by atoms with Crippen LogP contribution in [0.1, 0.15) is 43.7 Å². The summed E-state index contributed by atoms with van der Waals surface area (Å²) in [6.07, 6.45) is 4.26. The van der Waals surface area contributed by atoms with Gasteiger partial charge in [-0.3, -0.25) is 9.59 Å². The first kappa shape index (κ1) is 24.1. The van der Waals surface area contributed by atoms with Gasteiger partial charge >= 0.3 is 0 Å². The molecule has 0 bridgehead atoms. The van der Waals surface area contributed by atoms with Crippen LogP contribution in [0, 0.1) is 6.92 Å². The Kier molecular flexibility index (Phi) is 8.56. The third-order valence-electron chi connectivity index (χ3n) is 5.87. The molecule has 2 amide bonds. The fourth-order valence-electron chi connectivity index (χ4n) is 3.84. The molecule has 1 atom stereocenters. The van der Waals surface area contributed by atoms with Crippen LogP contribution < -0.4 is 14.8 Å². The van der Waals surface area contributed by atoms with Gasteiger partial charge in [0.25, 0.3) is 5.91 Å². The molecular formula is C25H31BrN2O4. The molecule has 0 aromatic heterocycles. The highest BCUT2D eigenvalue weighted by molar-refractivity contribution is 9.10. The highest BCUT2D eigenvalue weighted by Gasteiger charge is 2.28. The first-order chi connectivity index (χ1) is 15.4. The second kappa shape index (κ2) is 11.4. The fourth-order valence-corrected chi connectivity index (χ4v) is 4.08. The molecule has 1 fully saturated rings. The number of rotatable bonds is 9. The number of nitrogens with zero attached hydrogens (tertiary/aromatic N) is 1. The molecular weight excluding hydrogens is 472 g/mol. The van der Waals surface area contributed by atoms with Crippen LogP contribution in [0.2, 0.25) is 0 Å². The second-order valence-corrected chi connectivity index (χ2v) is 9.09. The Labute approximate surface area is 198 Å². The fraction of sp³-hybridized carbons (Fsp3) is 0.440. The zero-order valence-electron chi connectivity index (χ0n) is 18.9. The SMILES string of the molecule is COc1ccc(CN(C(=O)COc2ccc(Br)c(C)c2)C(C)C(=O)NC2CCCC2)cc1. The predicted octanol–water partition coefficient (Wildman–Crippen LogP) is 4.62. The van der Waals surface area contributed by atoms with Crippen molar-refractivity contribution in [3.8, 4) is 11.5 Å². The number of benzene rings is 2. The number of carbonyl (C=O) groups excluding carboxylic acids is 2. The standard InChI is InChI=1S/C25H31BrN2O4/c1-17-14-22(12-13-23(17)26)32-16-24(29)28(15-19-8-10-21(31-3)11-9-19)18(2)25(30)27-20-6-4-5-7-20/h8-14,18,20H,4-7,15-16H2,1-3H3,(H,27,30). The molecule has 3 rings (SSSR count). The van der Waals surface area contributed by atoms with E-state index in [1.807, 2.05) is 49.4 Å². The lowest BCUT2D eigenvalue weighted by molar-refractivity contribution is -0.142. The van der Waals surface area contributed by atoms with Crippen LogP contribution in [-0.2, 0) is 16.1 Å². The normalized spacial score (nSPS) is 14.6. The monoisotopic (exact) mass is 502 g/mol. The minimum absolute atomic E-state index is 0.127. The number of hydrogen-bond acceptors (Lipinski definition) is 4. The largest absolute Gasteiger partial charge is 0.497 e. The van der Waals surface area contributed by atoms with Gasteiger partial charge in [0.1, 0.15) is 17.5 Å². The summed E-state index contributed by atoms with van der Waals surface area (Å²) in [4.78, 5) is 27.7. The van der Waals surface area contributed by atoms with Gasteiger partial charge in [0.15, 0.2) is 6.61 Å². The van der Waals surface area contributed by atoms with Gasteiger partial charge in [0.05, 0.1) is 7.11 Å². The van der Waals surface area contributed by atoms with Crippen molar-refractivity contribution in [2.45, 2.75) is 58.2 Å². The molecule has 1 unspecified atom stereocenters. The quantitative estimate of drug-likeness (QED) is 0.543. The van der Waals surface area contributed by atoms with Gasteiger partial charge in [-0.1, -0.05) is 40.9 Å². The maximum Gasteiger partial charge on any atom is 0.261 e. The zero-order chi connectivity index (χ0) is 23.1. The molecule has 172 valence electrons. The van der Waals surface area contributed by atoms with Crippen molar-refractivity contribution in [3.63, 3.8) is 0 Å². The van der Waals surface area contributed by atoms with Crippen LogP contribution in [0.5, 0.6) is 11.5 Å². The summed E-state index contributed by atoms with van der Waals surface area (Å²) in [5.41, 5.74) is 1.94. The number of hydrogen-bond donors (Lipinski definition) is 1. The van der Waals surface area contributed by atoms with Crippen molar-refractivity contribution in [2.75, 3.05) is 13.7 Å². The van der Waals surface area contributed by atoms with E-state index < -0.39 is 6.04 Å². The van der Waals surface area contributed by atoms with Gasteiger partial charge < -0.3 is 19.7 Å². The lowest BCUT2D eigenvalue weighted by Crippen LogP contribution is -2.50. The Morgan fingerprint density at radius 2 is 1.78 bits per heavy atom. The van der Waals surface area contributed by atoms with Gasteiger partial charge in [-0.05, 0) is 68.1 Å². The smallest absolute Gasteiger partial charge is 0.261 e. The maximum atomic E-state index is 13.2. The first-order valence-electron chi connectivity index (χ1n) is 11.0. The van der Waals surface area contributed by atoms with Crippen molar-refractivity contribution >= 4 is 27.7 Å². The summed E-state index contributed by atoms with van der Waals surface area (Å²) in [5, 5.41) is 3.11. The summed E-state index contributed by atoms with van der Waals surface area (Å²) in [6.45, 7) is 3.91. The Morgan fingerprint density at radius 1 is 1.12 bits per heavy atom. The third-order valence-corrected chi connectivity index (χ3v) is 6.76.